The lowest BCUT2D eigenvalue weighted by Gasteiger charge is -2.31. The molecular formula is C36H78Br2N2S. The molecule has 0 aromatic heterocycles. The standard InChI is InChI=1S/C36H78N2S.2BrH/c1-7-9-11-13-15-17-19-21-23-25-27-29-31-37(3,4)33-35-39-36-34-38(5,6)32-30-28-26-24-22-20-18-16-14-12-10-8-2;;/h7-36H2,1-6H3;2*1H/q+2;;/p-2. The minimum absolute atomic E-state index is 0. The van der Waals surface area contributed by atoms with E-state index in [4.69, 9.17) is 0 Å². The monoisotopic (exact) mass is 728 g/mol. The molecular weight excluding hydrogens is 652 g/mol. The Bertz CT molecular complexity index is 446. The Hall–Kier alpha value is 1.23. The lowest BCUT2D eigenvalue weighted by molar-refractivity contribution is -0.888. The molecule has 41 heavy (non-hydrogen) atoms. The van der Waals surface area contributed by atoms with E-state index in [0.29, 0.717) is 0 Å². The maximum absolute atomic E-state index is 2.45. The van der Waals surface area contributed by atoms with Gasteiger partial charge in [-0.25, -0.2) is 0 Å². The molecule has 252 valence electrons. The van der Waals surface area contributed by atoms with E-state index in [0.717, 1.165) is 0 Å². The highest BCUT2D eigenvalue weighted by Gasteiger charge is 2.16. The van der Waals surface area contributed by atoms with Gasteiger partial charge in [-0.3, -0.25) is 0 Å². The third-order valence-corrected chi connectivity index (χ3v) is 9.86. The second-order valence-corrected chi connectivity index (χ2v) is 15.4. The largest absolute Gasteiger partial charge is 1.00 e. The first kappa shape index (κ1) is 46.6. The number of hydrogen-bond acceptors (Lipinski definition) is 1. The van der Waals surface area contributed by atoms with Gasteiger partial charge in [-0.2, -0.15) is 11.8 Å². The van der Waals surface area contributed by atoms with Crippen molar-refractivity contribution >= 4 is 11.8 Å². The molecule has 0 aliphatic heterocycles. The van der Waals surface area contributed by atoms with Gasteiger partial charge < -0.3 is 42.9 Å². The molecule has 0 N–H and O–H groups in total. The molecule has 0 rings (SSSR count). The summed E-state index contributed by atoms with van der Waals surface area (Å²) < 4.78 is 2.42. The van der Waals surface area contributed by atoms with Crippen LogP contribution in [-0.4, -0.2) is 74.8 Å². The fraction of sp³-hybridized carbons (Fsp3) is 1.00. The van der Waals surface area contributed by atoms with E-state index in [1.165, 1.54) is 201 Å². The summed E-state index contributed by atoms with van der Waals surface area (Å²) in [6.07, 6.45) is 34.8. The van der Waals surface area contributed by atoms with Crippen molar-refractivity contribution in [3.05, 3.63) is 0 Å². The Morgan fingerprint density at radius 3 is 0.780 bits per heavy atom. The van der Waals surface area contributed by atoms with E-state index < -0.39 is 0 Å². The molecule has 0 aliphatic carbocycles. The number of thioether (sulfide) groups is 1. The van der Waals surface area contributed by atoms with Gasteiger partial charge in [0.05, 0.1) is 54.4 Å². The van der Waals surface area contributed by atoms with Gasteiger partial charge in [0.15, 0.2) is 0 Å². The van der Waals surface area contributed by atoms with Crippen LogP contribution in [0.3, 0.4) is 0 Å². The number of rotatable bonds is 32. The number of halogens is 2. The molecule has 0 atom stereocenters. The van der Waals surface area contributed by atoms with Crippen LogP contribution in [0.2, 0.25) is 0 Å². The summed E-state index contributed by atoms with van der Waals surface area (Å²) in [6, 6.07) is 0. The highest BCUT2D eigenvalue weighted by Crippen LogP contribution is 2.15. The molecule has 0 saturated heterocycles. The van der Waals surface area contributed by atoms with Gasteiger partial charge in [-0.15, -0.1) is 0 Å². The van der Waals surface area contributed by atoms with Gasteiger partial charge in [0.1, 0.15) is 0 Å². The maximum atomic E-state index is 2.45. The Morgan fingerprint density at radius 1 is 0.317 bits per heavy atom. The van der Waals surface area contributed by atoms with Crippen molar-refractivity contribution in [3.8, 4) is 0 Å². The molecule has 0 bridgehead atoms. The first-order valence-electron chi connectivity index (χ1n) is 18.0. The topological polar surface area (TPSA) is 0 Å². The van der Waals surface area contributed by atoms with Crippen LogP contribution in [0.5, 0.6) is 0 Å². The van der Waals surface area contributed by atoms with Crippen molar-refractivity contribution in [3.63, 3.8) is 0 Å². The predicted molar refractivity (Wildman–Crippen MR) is 183 cm³/mol. The molecule has 0 unspecified atom stereocenters. The van der Waals surface area contributed by atoms with E-state index in [9.17, 15) is 0 Å². The summed E-state index contributed by atoms with van der Waals surface area (Å²) in [5.41, 5.74) is 0. The van der Waals surface area contributed by atoms with E-state index in [-0.39, 0.29) is 34.0 Å². The molecule has 0 radical (unpaired) electrons. The lowest BCUT2D eigenvalue weighted by atomic mass is 10.1. The Labute approximate surface area is 287 Å². The highest BCUT2D eigenvalue weighted by atomic mass is 79.9. The molecule has 0 saturated carbocycles. The molecule has 0 amide bonds. The Morgan fingerprint density at radius 2 is 0.537 bits per heavy atom. The van der Waals surface area contributed by atoms with Gasteiger partial charge in [0.25, 0.3) is 0 Å². The van der Waals surface area contributed by atoms with E-state index in [1.54, 1.807) is 0 Å². The third-order valence-electron chi connectivity index (χ3n) is 8.92. The minimum Gasteiger partial charge on any atom is -1.00 e. The van der Waals surface area contributed by atoms with Crippen molar-refractivity contribution in [1.82, 2.24) is 0 Å². The predicted octanol–water partition coefficient (Wildman–Crippen LogP) is 5.28. The fourth-order valence-electron chi connectivity index (χ4n) is 5.71. The summed E-state index contributed by atoms with van der Waals surface area (Å²) in [4.78, 5) is 0. The molecule has 5 heteroatoms. The summed E-state index contributed by atoms with van der Waals surface area (Å²) >= 11 is 2.20. The normalized spacial score (nSPS) is 11.9. The van der Waals surface area contributed by atoms with Crippen LogP contribution in [0.25, 0.3) is 0 Å². The Kier molecular flexibility index (Phi) is 38.8. The van der Waals surface area contributed by atoms with Gasteiger partial charge in [-0.1, -0.05) is 142 Å². The zero-order valence-electron chi connectivity index (χ0n) is 29.3. The average molecular weight is 731 g/mol. The highest BCUT2D eigenvalue weighted by molar-refractivity contribution is 7.99. The van der Waals surface area contributed by atoms with Crippen molar-refractivity contribution in [2.24, 2.45) is 0 Å². The first-order chi connectivity index (χ1) is 18.8. The van der Waals surface area contributed by atoms with Crippen molar-refractivity contribution in [2.75, 3.05) is 65.9 Å². The van der Waals surface area contributed by atoms with Crippen LogP contribution in [0.1, 0.15) is 168 Å². The van der Waals surface area contributed by atoms with E-state index >= 15 is 0 Å². The molecule has 0 spiro atoms. The number of unbranched alkanes of at least 4 members (excludes halogenated alkanes) is 22. The maximum Gasteiger partial charge on any atom is 0.0874 e. The summed E-state index contributed by atoms with van der Waals surface area (Å²) in [5.74, 6) is 2.65. The van der Waals surface area contributed by atoms with Crippen molar-refractivity contribution in [1.29, 1.82) is 0 Å². The Balaban J connectivity index is -0.00000722. The van der Waals surface area contributed by atoms with Crippen LogP contribution in [0.4, 0.5) is 0 Å². The third kappa shape index (κ3) is 37.3. The molecule has 0 aliphatic rings. The fourth-order valence-corrected chi connectivity index (χ4v) is 7.16. The zero-order valence-corrected chi connectivity index (χ0v) is 33.3. The van der Waals surface area contributed by atoms with Crippen molar-refractivity contribution in [2.45, 2.75) is 168 Å². The van der Waals surface area contributed by atoms with Crippen molar-refractivity contribution < 1.29 is 42.9 Å². The van der Waals surface area contributed by atoms with Crippen LogP contribution >= 0.6 is 11.8 Å². The summed E-state index contributed by atoms with van der Waals surface area (Å²) in [6.45, 7) is 9.99. The van der Waals surface area contributed by atoms with Gasteiger partial charge in [0.2, 0.25) is 0 Å². The van der Waals surface area contributed by atoms with E-state index in [2.05, 4.69) is 53.8 Å². The molecule has 0 heterocycles. The van der Waals surface area contributed by atoms with Crippen LogP contribution in [0, 0.1) is 0 Å². The average Bonchev–Trinajstić information content (AvgIpc) is 2.89. The number of quaternary nitrogens is 2. The second kappa shape index (κ2) is 34.1. The molecule has 0 aromatic carbocycles. The summed E-state index contributed by atoms with van der Waals surface area (Å²) in [5, 5.41) is 0. The molecule has 2 nitrogen and oxygen atoms in total. The SMILES string of the molecule is CCCCCCCCCCCCCC[N+](C)(C)CCSCC[N+](C)(C)CCCCCCCCCCCCCC.[Br-].[Br-]. The van der Waals surface area contributed by atoms with Crippen LogP contribution in [0.15, 0.2) is 0 Å². The smallest absolute Gasteiger partial charge is 0.0874 e. The molecule has 0 fully saturated rings. The minimum atomic E-state index is 0. The lowest BCUT2D eigenvalue weighted by Crippen LogP contribution is -3.00. The van der Waals surface area contributed by atoms with Gasteiger partial charge in [0, 0.05) is 11.5 Å². The second-order valence-electron chi connectivity index (χ2n) is 14.2. The van der Waals surface area contributed by atoms with Gasteiger partial charge in [-0.05, 0) is 25.7 Å². The van der Waals surface area contributed by atoms with Gasteiger partial charge >= 0.3 is 0 Å². The van der Waals surface area contributed by atoms with Crippen LogP contribution < -0.4 is 34.0 Å². The quantitative estimate of drug-likeness (QED) is 0.0671. The number of nitrogens with zero attached hydrogens (tertiary/aromatic N) is 2. The first-order valence-corrected chi connectivity index (χ1v) is 19.2. The number of hydrogen-bond donors (Lipinski definition) is 0. The molecule has 0 aromatic rings. The zero-order chi connectivity index (χ0) is 28.9. The summed E-state index contributed by atoms with van der Waals surface area (Å²) in [7, 11) is 9.80. The van der Waals surface area contributed by atoms with Crippen LogP contribution in [-0.2, 0) is 0 Å². The van der Waals surface area contributed by atoms with E-state index in [1.807, 2.05) is 0 Å².